The predicted octanol–water partition coefficient (Wildman–Crippen LogP) is 3.23. The van der Waals surface area contributed by atoms with Gasteiger partial charge in [0, 0.05) is 29.2 Å². The fourth-order valence-corrected chi connectivity index (χ4v) is 2.18. The third-order valence-corrected chi connectivity index (χ3v) is 3.19. The van der Waals surface area contributed by atoms with Crippen LogP contribution in [0.15, 0.2) is 36.4 Å². The molecular weight excluding hydrogens is 236 g/mol. The average molecular weight is 256 g/mol. The number of carbonyl (C=O) groups excluding carboxylic acids is 1. The van der Waals surface area contributed by atoms with Crippen LogP contribution in [0.2, 0.25) is 0 Å². The maximum atomic E-state index is 11.8. The molecule has 0 spiro atoms. The van der Waals surface area contributed by atoms with Gasteiger partial charge in [-0.2, -0.15) is 0 Å². The van der Waals surface area contributed by atoms with Crippen LogP contribution in [0.5, 0.6) is 0 Å². The summed E-state index contributed by atoms with van der Waals surface area (Å²) in [7, 11) is 0. The highest BCUT2D eigenvalue weighted by Gasteiger charge is 2.07. The Morgan fingerprint density at radius 3 is 2.16 bits per heavy atom. The second kappa shape index (κ2) is 5.74. The van der Waals surface area contributed by atoms with Gasteiger partial charge in [0.2, 0.25) is 0 Å². The van der Waals surface area contributed by atoms with Crippen molar-refractivity contribution in [1.29, 1.82) is 0 Å². The molecule has 0 atom stereocenters. The molecule has 0 unspecified atom stereocenters. The number of nitrogens with zero attached hydrogens (tertiary/aromatic N) is 1. The molecule has 3 nitrogen and oxygen atoms in total. The Balaban J connectivity index is 2.21. The maximum Gasteiger partial charge on any atom is 0.251 e. The Morgan fingerprint density at radius 1 is 1.05 bits per heavy atom. The molecule has 2 rings (SSSR count). The number of carbonyl (C=O) groups is 1. The number of aryl methyl sites for hydroxylation is 2. The fourth-order valence-electron chi connectivity index (χ4n) is 2.18. The fraction of sp³-hybridized carbons (Fsp3) is 0.312. The number of aromatic nitrogens is 1. The minimum atomic E-state index is -0.00523. The highest BCUT2D eigenvalue weighted by Crippen LogP contribution is 2.16. The van der Waals surface area contributed by atoms with E-state index in [1.54, 1.807) is 0 Å². The molecule has 0 aliphatic carbocycles. The highest BCUT2D eigenvalue weighted by atomic mass is 16.1. The third kappa shape index (κ3) is 2.87. The van der Waals surface area contributed by atoms with Gasteiger partial charge in [0.25, 0.3) is 5.91 Å². The van der Waals surface area contributed by atoms with E-state index < -0.39 is 0 Å². The van der Waals surface area contributed by atoms with Gasteiger partial charge in [-0.3, -0.25) is 4.79 Å². The number of rotatable bonds is 4. The first-order valence-electron chi connectivity index (χ1n) is 6.67. The Kier molecular flexibility index (Phi) is 4.05. The van der Waals surface area contributed by atoms with Crippen LogP contribution in [0.4, 0.5) is 0 Å². The van der Waals surface area contributed by atoms with Crippen molar-refractivity contribution in [2.24, 2.45) is 0 Å². The first-order valence-corrected chi connectivity index (χ1v) is 6.67. The first-order chi connectivity index (χ1) is 9.13. The van der Waals surface area contributed by atoms with Crippen molar-refractivity contribution in [1.82, 2.24) is 9.88 Å². The van der Waals surface area contributed by atoms with Crippen LogP contribution in [-0.2, 0) is 0 Å². The lowest BCUT2D eigenvalue weighted by Gasteiger charge is -2.10. The summed E-state index contributed by atoms with van der Waals surface area (Å²) in [4.78, 5) is 11.8. The molecule has 0 saturated carbocycles. The molecule has 0 aliphatic rings. The predicted molar refractivity (Wildman–Crippen MR) is 77.9 cm³/mol. The van der Waals surface area contributed by atoms with Crippen LogP contribution in [0.3, 0.4) is 0 Å². The number of hydrogen-bond donors (Lipinski definition) is 1. The Labute approximate surface area is 114 Å². The zero-order valence-corrected chi connectivity index (χ0v) is 11.7. The average Bonchev–Trinajstić information content (AvgIpc) is 2.76. The first kappa shape index (κ1) is 13.4. The molecule has 1 amide bonds. The summed E-state index contributed by atoms with van der Waals surface area (Å²) in [6, 6.07) is 11.9. The van der Waals surface area contributed by atoms with Crippen molar-refractivity contribution >= 4 is 5.91 Å². The number of hydrogen-bond acceptors (Lipinski definition) is 1. The van der Waals surface area contributed by atoms with Crippen LogP contribution in [0.1, 0.15) is 35.1 Å². The van der Waals surface area contributed by atoms with E-state index in [-0.39, 0.29) is 5.91 Å². The summed E-state index contributed by atoms with van der Waals surface area (Å²) in [5.41, 5.74) is 4.19. The molecule has 2 aromatic rings. The largest absolute Gasteiger partial charge is 0.352 e. The number of benzene rings is 1. The lowest BCUT2D eigenvalue weighted by atomic mass is 10.2. The second-order valence-corrected chi connectivity index (χ2v) is 4.75. The zero-order valence-electron chi connectivity index (χ0n) is 11.7. The van der Waals surface area contributed by atoms with E-state index in [4.69, 9.17) is 0 Å². The van der Waals surface area contributed by atoms with Gasteiger partial charge >= 0.3 is 0 Å². The summed E-state index contributed by atoms with van der Waals surface area (Å²) in [6.45, 7) is 6.92. The molecular formula is C16H20N2O. The van der Waals surface area contributed by atoms with Gasteiger partial charge in [-0.05, 0) is 56.7 Å². The maximum absolute atomic E-state index is 11.8. The van der Waals surface area contributed by atoms with Crippen molar-refractivity contribution in [3.8, 4) is 5.69 Å². The van der Waals surface area contributed by atoms with Crippen LogP contribution in [-0.4, -0.2) is 17.0 Å². The molecule has 0 bridgehead atoms. The Hall–Kier alpha value is -2.03. The van der Waals surface area contributed by atoms with Crippen LogP contribution < -0.4 is 5.32 Å². The van der Waals surface area contributed by atoms with Gasteiger partial charge in [-0.15, -0.1) is 0 Å². The van der Waals surface area contributed by atoms with Gasteiger partial charge in [0.05, 0.1) is 0 Å². The summed E-state index contributed by atoms with van der Waals surface area (Å²) in [6.07, 6.45) is 0.950. The van der Waals surface area contributed by atoms with Crippen molar-refractivity contribution in [3.05, 3.63) is 53.3 Å². The van der Waals surface area contributed by atoms with Crippen molar-refractivity contribution in [2.75, 3.05) is 6.54 Å². The molecule has 0 radical (unpaired) electrons. The number of nitrogens with one attached hydrogen (secondary N) is 1. The van der Waals surface area contributed by atoms with Gasteiger partial charge in [0.15, 0.2) is 0 Å². The summed E-state index contributed by atoms with van der Waals surface area (Å²) < 4.78 is 2.17. The van der Waals surface area contributed by atoms with E-state index in [9.17, 15) is 4.79 Å². The van der Waals surface area contributed by atoms with Gasteiger partial charge in [-0.1, -0.05) is 6.92 Å². The molecule has 1 aromatic heterocycles. The molecule has 3 heteroatoms. The van der Waals surface area contributed by atoms with Crippen LogP contribution >= 0.6 is 0 Å². The molecule has 0 aliphatic heterocycles. The SMILES string of the molecule is CCCNC(=O)c1ccc(-n2c(C)ccc2C)cc1. The minimum absolute atomic E-state index is 0.00523. The van der Waals surface area contributed by atoms with E-state index in [1.807, 2.05) is 31.2 Å². The monoisotopic (exact) mass is 256 g/mol. The molecule has 100 valence electrons. The van der Waals surface area contributed by atoms with E-state index >= 15 is 0 Å². The highest BCUT2D eigenvalue weighted by molar-refractivity contribution is 5.94. The Morgan fingerprint density at radius 2 is 1.63 bits per heavy atom. The van der Waals surface area contributed by atoms with Crippen molar-refractivity contribution < 1.29 is 4.79 Å². The molecule has 1 heterocycles. The third-order valence-electron chi connectivity index (χ3n) is 3.19. The van der Waals surface area contributed by atoms with Gasteiger partial charge < -0.3 is 9.88 Å². The van der Waals surface area contributed by atoms with Crippen LogP contribution in [0, 0.1) is 13.8 Å². The van der Waals surface area contributed by atoms with Crippen LogP contribution in [0.25, 0.3) is 5.69 Å². The number of amides is 1. The van der Waals surface area contributed by atoms with E-state index in [2.05, 4.69) is 35.9 Å². The van der Waals surface area contributed by atoms with Gasteiger partial charge in [0.1, 0.15) is 0 Å². The van der Waals surface area contributed by atoms with E-state index in [0.29, 0.717) is 5.56 Å². The minimum Gasteiger partial charge on any atom is -0.352 e. The lowest BCUT2D eigenvalue weighted by Crippen LogP contribution is -2.23. The Bertz CT molecular complexity index is 547. The zero-order chi connectivity index (χ0) is 13.8. The van der Waals surface area contributed by atoms with E-state index in [0.717, 1.165) is 18.7 Å². The topological polar surface area (TPSA) is 34.0 Å². The smallest absolute Gasteiger partial charge is 0.251 e. The molecule has 0 saturated heterocycles. The normalized spacial score (nSPS) is 10.5. The standard InChI is InChI=1S/C16H20N2O/c1-4-11-17-16(19)14-7-9-15(10-8-14)18-12(2)5-6-13(18)3/h5-10H,4,11H2,1-3H3,(H,17,19). The molecule has 1 N–H and O–H groups in total. The second-order valence-electron chi connectivity index (χ2n) is 4.75. The quantitative estimate of drug-likeness (QED) is 0.895. The van der Waals surface area contributed by atoms with Crippen molar-refractivity contribution in [3.63, 3.8) is 0 Å². The van der Waals surface area contributed by atoms with Crippen molar-refractivity contribution in [2.45, 2.75) is 27.2 Å². The summed E-state index contributed by atoms with van der Waals surface area (Å²) >= 11 is 0. The molecule has 19 heavy (non-hydrogen) atoms. The summed E-state index contributed by atoms with van der Waals surface area (Å²) in [5.74, 6) is -0.00523. The molecule has 0 fully saturated rings. The van der Waals surface area contributed by atoms with E-state index in [1.165, 1.54) is 11.4 Å². The molecule has 1 aromatic carbocycles. The lowest BCUT2D eigenvalue weighted by molar-refractivity contribution is 0.0953. The van der Waals surface area contributed by atoms with Gasteiger partial charge in [-0.25, -0.2) is 0 Å². The summed E-state index contributed by atoms with van der Waals surface area (Å²) in [5, 5.41) is 2.88.